The number of ether oxygens (including phenoxy) is 2. The van der Waals surface area contributed by atoms with Crippen molar-refractivity contribution in [3.05, 3.63) is 41.6 Å². The molecule has 7 heterocycles. The summed E-state index contributed by atoms with van der Waals surface area (Å²) in [6, 6.07) is 4.68. The second-order valence-corrected chi connectivity index (χ2v) is 12.7. The minimum absolute atomic E-state index is 0. The van der Waals surface area contributed by atoms with Gasteiger partial charge in [0, 0.05) is 25.5 Å². The summed E-state index contributed by atoms with van der Waals surface area (Å²) >= 11 is 12.6. The molecule has 1 N–H and O–H groups in total. The third-order valence-electron chi connectivity index (χ3n) is 8.38. The maximum atomic E-state index is 9.31. The third-order valence-corrected chi connectivity index (χ3v) is 9.96. The van der Waals surface area contributed by atoms with Gasteiger partial charge in [0.05, 0.1) is 29.8 Å². The van der Waals surface area contributed by atoms with Crippen molar-refractivity contribution in [3.63, 3.8) is 0 Å². The van der Waals surface area contributed by atoms with Gasteiger partial charge in [-0.1, -0.05) is 56.1 Å². The Morgan fingerprint density at radius 1 is 0.952 bits per heavy atom. The molecule has 4 atom stereocenters. The summed E-state index contributed by atoms with van der Waals surface area (Å²) in [5.74, 6) is 4.97. The molecule has 2 fully saturated rings. The van der Waals surface area contributed by atoms with Crippen molar-refractivity contribution in [2.45, 2.75) is 73.0 Å². The van der Waals surface area contributed by atoms with Crippen molar-refractivity contribution in [3.8, 4) is 11.5 Å². The molecule has 7 rings (SSSR count). The smallest absolute Gasteiger partial charge is 0.776 e. The van der Waals surface area contributed by atoms with E-state index in [4.69, 9.17) is 33.7 Å². The number of pyridine rings is 2. The summed E-state index contributed by atoms with van der Waals surface area (Å²) < 4.78 is 11.8. The van der Waals surface area contributed by atoms with Gasteiger partial charge in [0.2, 0.25) is 0 Å². The molecule has 4 aliphatic rings. The molecule has 0 saturated carbocycles. The van der Waals surface area contributed by atoms with Crippen molar-refractivity contribution in [2.24, 2.45) is 11.8 Å². The number of anilines is 2. The van der Waals surface area contributed by atoms with Crippen LogP contribution in [0.4, 0.5) is 11.6 Å². The average Bonchev–Trinajstić information content (AvgIpc) is 3.63. The Morgan fingerprint density at radius 3 is 2.17 bits per heavy atom. The van der Waals surface area contributed by atoms with Crippen molar-refractivity contribution < 1.29 is 44.1 Å². The number of rotatable bonds is 5. The zero-order chi connectivity index (χ0) is 28.5. The molecule has 4 aliphatic heterocycles. The molecule has 2 unspecified atom stereocenters. The van der Waals surface area contributed by atoms with Gasteiger partial charge in [-0.25, -0.2) is 19.9 Å². The van der Waals surface area contributed by atoms with Crippen LogP contribution in [0.25, 0.3) is 0 Å². The summed E-state index contributed by atoms with van der Waals surface area (Å²) in [5, 5.41) is 10.2. The predicted molar refractivity (Wildman–Crippen MR) is 161 cm³/mol. The van der Waals surface area contributed by atoms with Gasteiger partial charge in [0.15, 0.2) is 22.5 Å². The zero-order valence-electron chi connectivity index (χ0n) is 24.2. The normalized spacial score (nSPS) is 23.2. The molecule has 0 aliphatic carbocycles. The minimum Gasteiger partial charge on any atom is -0.776 e. The van der Waals surface area contributed by atoms with Crippen LogP contribution in [-0.2, 0) is 19.2 Å². The molecule has 3 aromatic rings. The summed E-state index contributed by atoms with van der Waals surface area (Å²) in [6.07, 6.45) is 10.00. The fourth-order valence-corrected chi connectivity index (χ4v) is 7.29. The van der Waals surface area contributed by atoms with Crippen LogP contribution in [0.1, 0.15) is 45.2 Å². The Hall–Kier alpha value is -1.60. The first-order chi connectivity index (χ1) is 20.0. The number of hydrogen-bond acceptors (Lipinski definition) is 11. The van der Waals surface area contributed by atoms with Crippen LogP contribution in [0.3, 0.4) is 0 Å². The topological polar surface area (TPSA) is 96.7 Å². The van der Waals surface area contributed by atoms with Gasteiger partial charge < -0.3 is 37.0 Å². The number of aromatic nitrogens is 4. The van der Waals surface area contributed by atoms with Crippen molar-refractivity contribution in [1.29, 1.82) is 0 Å². The largest absolute Gasteiger partial charge is 1.00 e. The zero-order valence-corrected chi connectivity index (χ0v) is 28.6. The molecule has 0 bridgehead atoms. The van der Waals surface area contributed by atoms with E-state index in [0.29, 0.717) is 35.3 Å². The van der Waals surface area contributed by atoms with E-state index >= 15 is 0 Å². The van der Waals surface area contributed by atoms with Crippen LogP contribution in [0, 0.1) is 11.8 Å². The Morgan fingerprint density at radius 2 is 1.55 bits per heavy atom. The Balaban J connectivity index is 0.000000179. The number of fused-ring (bicyclic) bond motifs is 6. The van der Waals surface area contributed by atoms with Gasteiger partial charge in [-0.05, 0) is 30.7 Å². The molecule has 218 valence electrons. The van der Waals surface area contributed by atoms with Crippen LogP contribution < -0.4 is 48.8 Å². The van der Waals surface area contributed by atoms with Crippen molar-refractivity contribution in [1.82, 2.24) is 19.9 Å². The van der Waals surface area contributed by atoms with E-state index in [-0.39, 0.29) is 41.3 Å². The van der Waals surface area contributed by atoms with Crippen molar-refractivity contribution in [2.75, 3.05) is 36.1 Å². The first-order valence-electron chi connectivity index (χ1n) is 14.2. The van der Waals surface area contributed by atoms with Crippen LogP contribution in [-0.4, -0.2) is 63.4 Å². The van der Waals surface area contributed by atoms with Gasteiger partial charge in [0.25, 0.3) is 0 Å². The van der Waals surface area contributed by atoms with E-state index in [1.807, 2.05) is 18.3 Å². The molecule has 3 aromatic heterocycles. The molecular weight excluding hydrogens is 603 g/mol. The molecule has 42 heavy (non-hydrogen) atoms. The van der Waals surface area contributed by atoms with Crippen LogP contribution in [0.2, 0.25) is 5.15 Å². The second-order valence-electron chi connectivity index (χ2n) is 10.9. The van der Waals surface area contributed by atoms with E-state index < -0.39 is 0 Å². The molecule has 9 nitrogen and oxygen atoms in total. The molecule has 13 heteroatoms. The molecule has 0 spiro atoms. The number of hydrogen-bond donors (Lipinski definition) is 1. The second kappa shape index (κ2) is 14.0. The number of aliphatic hydroxyl groups is 1. The maximum Gasteiger partial charge on any atom is 1.00 e. The summed E-state index contributed by atoms with van der Waals surface area (Å²) in [7, 11) is 0. The van der Waals surface area contributed by atoms with E-state index in [2.05, 4.69) is 43.6 Å². The summed E-state index contributed by atoms with van der Waals surface area (Å²) in [5.41, 5.74) is 0.376. The summed E-state index contributed by atoms with van der Waals surface area (Å²) in [6.45, 7) is 7.84. The van der Waals surface area contributed by atoms with Gasteiger partial charge in [-0.2, -0.15) is 0 Å². The van der Waals surface area contributed by atoms with Gasteiger partial charge in [0.1, 0.15) is 29.7 Å². The van der Waals surface area contributed by atoms with Crippen LogP contribution >= 0.6 is 23.4 Å². The molecule has 2 saturated heterocycles. The first kappa shape index (κ1) is 31.8. The van der Waals surface area contributed by atoms with E-state index in [9.17, 15) is 5.11 Å². The van der Waals surface area contributed by atoms with Gasteiger partial charge in [-0.15, -0.1) is 4.90 Å². The standard InChI is InChI=1S/C17H19ClN4O2S.C12H16N2OS.Na/c1-2-10-5-11-9-24-15-13(3-4-19-17(15)22(11)7-10)25-14-6-20-16(18)12(8-23)21-14;1-2-8-5-9-7-15-11-10(16)3-4-13-12(11)14(9)6-8;/h3-4,6,10-11,23H,2,5,7-9H2,1H3;3-4,8-9H,2,5-7H2,1H3,(H,13,16);/q;;+1/p-1/t10?,11-;8?,9-;/m00./s1. The van der Waals surface area contributed by atoms with E-state index in [1.165, 1.54) is 31.0 Å². The fraction of sp³-hybridized carbons (Fsp3) is 0.517. The number of aliphatic hydroxyl groups excluding tert-OH is 1. The Labute approximate surface area is 283 Å². The predicted octanol–water partition coefficient (Wildman–Crippen LogP) is 2.15. The third kappa shape index (κ3) is 6.43. The van der Waals surface area contributed by atoms with Crippen LogP contribution in [0.5, 0.6) is 11.5 Å². The van der Waals surface area contributed by atoms with E-state index in [0.717, 1.165) is 65.0 Å². The van der Waals surface area contributed by atoms with Gasteiger partial charge in [-0.3, -0.25) is 0 Å². The fourth-order valence-electron chi connectivity index (χ4n) is 6.07. The molecule has 0 aromatic carbocycles. The number of halogens is 1. The average molecular weight is 637 g/mol. The summed E-state index contributed by atoms with van der Waals surface area (Å²) in [4.78, 5) is 23.9. The Kier molecular flexibility index (Phi) is 10.6. The Bertz CT molecular complexity index is 1410. The minimum atomic E-state index is -0.237. The van der Waals surface area contributed by atoms with Crippen LogP contribution in [0.15, 0.2) is 45.5 Å². The first-order valence-corrected chi connectivity index (χ1v) is 15.8. The molecule has 0 amide bonds. The van der Waals surface area contributed by atoms with Gasteiger partial charge >= 0.3 is 29.6 Å². The SMILES string of the molecule is CCC1C[C@H]2COc3c(Sc4cnc(Cl)c(CO)n4)ccnc3N2C1.CCC1C[C@H]2COc3c([S-])ccnc3N2C1.[Na+]. The van der Waals surface area contributed by atoms with Crippen molar-refractivity contribution >= 4 is 47.6 Å². The molecular formula is C29H34ClN6NaO3S2. The molecule has 0 radical (unpaired) electrons. The number of nitrogens with zero attached hydrogens (tertiary/aromatic N) is 6. The monoisotopic (exact) mass is 636 g/mol. The quantitative estimate of drug-likeness (QED) is 0.330. The maximum absolute atomic E-state index is 9.31. The van der Waals surface area contributed by atoms with E-state index in [1.54, 1.807) is 12.4 Å².